The van der Waals surface area contributed by atoms with Crippen LogP contribution >= 0.6 is 0 Å². The molecule has 0 aliphatic heterocycles. The van der Waals surface area contributed by atoms with Gasteiger partial charge in [-0.1, -0.05) is 13.0 Å². The molecular weight excluding hydrogens is 246 g/mol. The van der Waals surface area contributed by atoms with Crippen molar-refractivity contribution in [2.45, 2.75) is 52.2 Å². The smallest absolute Gasteiger partial charge is 0.310 e. The highest BCUT2D eigenvalue weighted by atomic mass is 16.6. The van der Waals surface area contributed by atoms with E-state index in [1.807, 2.05) is 20.8 Å². The van der Waals surface area contributed by atoms with Gasteiger partial charge in [0.15, 0.2) is 5.75 Å². The fraction of sp³-hybridized carbons (Fsp3) is 0.571. The summed E-state index contributed by atoms with van der Waals surface area (Å²) in [5.74, 6) is 0.215. The Hall–Kier alpha value is -1.62. The number of hydrogen-bond donors (Lipinski definition) is 1. The molecule has 0 spiro atoms. The van der Waals surface area contributed by atoms with E-state index < -0.39 is 11.0 Å². The van der Waals surface area contributed by atoms with Gasteiger partial charge in [-0.25, -0.2) is 0 Å². The first-order valence-electron chi connectivity index (χ1n) is 6.49. The highest BCUT2D eigenvalue weighted by molar-refractivity contribution is 5.49. The second kappa shape index (κ2) is 6.52. The zero-order valence-electron chi connectivity index (χ0n) is 11.8. The third-order valence-corrected chi connectivity index (χ3v) is 2.99. The standard InChI is InChI=1S/C14H21NO4/c1-5-12(10(4)16)11-6-7-13(15(17)18)14(8-11)19-9(2)3/h6-10,12,16H,5H2,1-4H3. The molecule has 0 heterocycles. The van der Waals surface area contributed by atoms with Crippen LogP contribution in [-0.4, -0.2) is 22.2 Å². The van der Waals surface area contributed by atoms with Crippen molar-refractivity contribution in [3.05, 3.63) is 33.9 Å². The molecular formula is C14H21NO4. The van der Waals surface area contributed by atoms with E-state index in [0.717, 1.165) is 12.0 Å². The average Bonchev–Trinajstić information content (AvgIpc) is 2.28. The lowest BCUT2D eigenvalue weighted by Crippen LogP contribution is -2.14. The third kappa shape index (κ3) is 3.92. The molecule has 0 bridgehead atoms. The minimum absolute atomic E-state index is 0.0436. The van der Waals surface area contributed by atoms with Crippen molar-refractivity contribution in [3.8, 4) is 5.75 Å². The number of aliphatic hydroxyl groups is 1. The van der Waals surface area contributed by atoms with Gasteiger partial charge in [-0.2, -0.15) is 0 Å². The summed E-state index contributed by atoms with van der Waals surface area (Å²) in [4.78, 5) is 10.5. The topological polar surface area (TPSA) is 72.6 Å². The third-order valence-electron chi connectivity index (χ3n) is 2.99. The van der Waals surface area contributed by atoms with E-state index in [2.05, 4.69) is 0 Å². The average molecular weight is 267 g/mol. The molecule has 0 saturated carbocycles. The Morgan fingerprint density at radius 1 is 1.37 bits per heavy atom. The molecule has 0 aliphatic rings. The zero-order valence-corrected chi connectivity index (χ0v) is 11.8. The molecule has 1 N–H and O–H groups in total. The van der Waals surface area contributed by atoms with Gasteiger partial charge in [-0.3, -0.25) is 10.1 Å². The number of nitro benzene ring substituents is 1. The van der Waals surface area contributed by atoms with E-state index in [4.69, 9.17) is 4.74 Å². The minimum atomic E-state index is -0.502. The first-order chi connectivity index (χ1) is 8.86. The van der Waals surface area contributed by atoms with Crippen molar-refractivity contribution in [1.29, 1.82) is 0 Å². The fourth-order valence-corrected chi connectivity index (χ4v) is 2.12. The van der Waals surface area contributed by atoms with Crippen LogP contribution in [0.15, 0.2) is 18.2 Å². The summed E-state index contributed by atoms with van der Waals surface area (Å²) in [5, 5.41) is 20.7. The Kier molecular flexibility index (Phi) is 5.30. The number of nitrogens with zero attached hydrogens (tertiary/aromatic N) is 1. The van der Waals surface area contributed by atoms with E-state index in [1.165, 1.54) is 6.07 Å². The Labute approximate surface area is 113 Å². The molecule has 106 valence electrons. The summed E-state index contributed by atoms with van der Waals surface area (Å²) < 4.78 is 5.50. The van der Waals surface area contributed by atoms with Crippen LogP contribution in [0.5, 0.6) is 5.75 Å². The second-order valence-electron chi connectivity index (χ2n) is 4.91. The van der Waals surface area contributed by atoms with Crippen LogP contribution in [0.3, 0.4) is 0 Å². The van der Waals surface area contributed by atoms with Crippen molar-refractivity contribution < 1.29 is 14.8 Å². The summed E-state index contributed by atoms with van der Waals surface area (Å²) in [6.07, 6.45) is 0.121. The SMILES string of the molecule is CCC(c1ccc([N+](=O)[O-])c(OC(C)C)c1)C(C)O. The van der Waals surface area contributed by atoms with Crippen molar-refractivity contribution >= 4 is 5.69 Å². The van der Waals surface area contributed by atoms with Crippen molar-refractivity contribution in [2.24, 2.45) is 0 Å². The molecule has 1 aromatic rings. The molecule has 0 amide bonds. The molecule has 5 heteroatoms. The maximum Gasteiger partial charge on any atom is 0.310 e. The molecule has 1 rings (SSSR count). The normalized spacial score (nSPS) is 14.2. The van der Waals surface area contributed by atoms with Gasteiger partial charge < -0.3 is 9.84 Å². The minimum Gasteiger partial charge on any atom is -0.484 e. The van der Waals surface area contributed by atoms with Crippen LogP contribution in [0, 0.1) is 10.1 Å². The molecule has 0 saturated heterocycles. The van der Waals surface area contributed by atoms with Crippen LogP contribution in [0.1, 0.15) is 45.6 Å². The number of nitro groups is 1. The Balaban J connectivity index is 3.20. The summed E-state index contributed by atoms with van der Waals surface area (Å²) in [7, 11) is 0. The highest BCUT2D eigenvalue weighted by Gasteiger charge is 2.21. The molecule has 2 unspecified atom stereocenters. The number of ether oxygens (including phenoxy) is 1. The zero-order chi connectivity index (χ0) is 14.6. The predicted molar refractivity (Wildman–Crippen MR) is 73.6 cm³/mol. The molecule has 2 atom stereocenters. The lowest BCUT2D eigenvalue weighted by molar-refractivity contribution is -0.386. The summed E-state index contributed by atoms with van der Waals surface area (Å²) in [5.41, 5.74) is 0.816. The molecule has 0 fully saturated rings. The number of benzene rings is 1. The van der Waals surface area contributed by atoms with Crippen molar-refractivity contribution in [1.82, 2.24) is 0 Å². The molecule has 0 aromatic heterocycles. The number of rotatable bonds is 6. The van der Waals surface area contributed by atoms with E-state index in [0.29, 0.717) is 0 Å². The van der Waals surface area contributed by atoms with Gasteiger partial charge in [0, 0.05) is 12.0 Å². The number of aliphatic hydroxyl groups excluding tert-OH is 1. The first-order valence-corrected chi connectivity index (χ1v) is 6.49. The second-order valence-corrected chi connectivity index (χ2v) is 4.91. The molecule has 19 heavy (non-hydrogen) atoms. The monoisotopic (exact) mass is 267 g/mol. The van der Waals surface area contributed by atoms with Crippen LogP contribution in [-0.2, 0) is 0 Å². The fourth-order valence-electron chi connectivity index (χ4n) is 2.12. The van der Waals surface area contributed by atoms with Crippen LogP contribution in [0.25, 0.3) is 0 Å². The molecule has 0 aliphatic carbocycles. The van der Waals surface area contributed by atoms with Gasteiger partial charge in [-0.15, -0.1) is 0 Å². The van der Waals surface area contributed by atoms with E-state index in [-0.39, 0.29) is 23.5 Å². The lowest BCUT2D eigenvalue weighted by Gasteiger charge is -2.19. The highest BCUT2D eigenvalue weighted by Crippen LogP contribution is 2.33. The summed E-state index contributed by atoms with van der Waals surface area (Å²) in [6, 6.07) is 4.79. The molecule has 1 aromatic carbocycles. The Morgan fingerprint density at radius 3 is 2.42 bits per heavy atom. The van der Waals surface area contributed by atoms with Crippen molar-refractivity contribution in [2.75, 3.05) is 0 Å². The van der Waals surface area contributed by atoms with E-state index in [1.54, 1.807) is 19.1 Å². The number of hydrogen-bond acceptors (Lipinski definition) is 4. The van der Waals surface area contributed by atoms with E-state index >= 15 is 0 Å². The van der Waals surface area contributed by atoms with Crippen LogP contribution in [0.4, 0.5) is 5.69 Å². The van der Waals surface area contributed by atoms with Crippen LogP contribution < -0.4 is 4.74 Å². The molecule has 5 nitrogen and oxygen atoms in total. The predicted octanol–water partition coefficient (Wildman–Crippen LogP) is 3.26. The largest absolute Gasteiger partial charge is 0.484 e. The lowest BCUT2D eigenvalue weighted by atomic mass is 9.91. The Bertz CT molecular complexity index is 443. The quantitative estimate of drug-likeness (QED) is 0.634. The van der Waals surface area contributed by atoms with Gasteiger partial charge in [0.1, 0.15) is 0 Å². The van der Waals surface area contributed by atoms with Crippen LogP contribution in [0.2, 0.25) is 0 Å². The maximum absolute atomic E-state index is 11.0. The van der Waals surface area contributed by atoms with Gasteiger partial charge in [0.25, 0.3) is 0 Å². The van der Waals surface area contributed by atoms with Gasteiger partial charge >= 0.3 is 5.69 Å². The van der Waals surface area contributed by atoms with Gasteiger partial charge in [-0.05, 0) is 38.8 Å². The first kappa shape index (κ1) is 15.4. The van der Waals surface area contributed by atoms with Gasteiger partial charge in [0.2, 0.25) is 0 Å². The van der Waals surface area contributed by atoms with Crippen molar-refractivity contribution in [3.63, 3.8) is 0 Å². The molecule has 0 radical (unpaired) electrons. The maximum atomic E-state index is 11.0. The van der Waals surface area contributed by atoms with Gasteiger partial charge in [0.05, 0.1) is 17.1 Å². The van der Waals surface area contributed by atoms with E-state index in [9.17, 15) is 15.2 Å². The summed E-state index contributed by atoms with van der Waals surface area (Å²) >= 11 is 0. The summed E-state index contributed by atoms with van der Waals surface area (Å²) in [6.45, 7) is 7.34. The Morgan fingerprint density at radius 2 is 2.00 bits per heavy atom.